The Balaban J connectivity index is 1.59. The lowest BCUT2D eigenvalue weighted by molar-refractivity contribution is -0.141. The summed E-state index contributed by atoms with van der Waals surface area (Å²) < 4.78 is 22.3. The minimum absolute atomic E-state index is 0.247. The van der Waals surface area contributed by atoms with Gasteiger partial charge in [0, 0.05) is 0 Å². The molecule has 34 heavy (non-hydrogen) atoms. The molecule has 1 saturated heterocycles. The zero-order chi connectivity index (χ0) is 23.9. The Bertz CT molecular complexity index is 1120. The van der Waals surface area contributed by atoms with Gasteiger partial charge in [-0.1, -0.05) is 54.6 Å². The molecule has 1 aliphatic heterocycles. The molecule has 8 nitrogen and oxygen atoms in total. The Labute approximate surface area is 195 Å². The minimum Gasteiger partial charge on any atom is -0.452 e. The van der Waals surface area contributed by atoms with Crippen LogP contribution < -0.4 is 0 Å². The van der Waals surface area contributed by atoms with E-state index in [-0.39, 0.29) is 16.7 Å². The van der Waals surface area contributed by atoms with Crippen LogP contribution in [-0.4, -0.2) is 54.2 Å². The maximum Gasteiger partial charge on any atom is 0.340 e. The highest BCUT2D eigenvalue weighted by Gasteiger charge is 2.51. The molecule has 4 atom stereocenters. The smallest absolute Gasteiger partial charge is 0.340 e. The number of hydrogen-bond donors (Lipinski definition) is 1. The van der Waals surface area contributed by atoms with Gasteiger partial charge in [-0.25, -0.2) is 14.4 Å². The summed E-state index contributed by atoms with van der Waals surface area (Å²) in [6.07, 6.45) is -5.04. The standard InChI is InChI=1S/C26H22O8/c27-16-20-21(32-23(28)17-10-4-1-5-11-17)22(33-24(29)18-12-6-2-7-13-18)26(31-20)34-25(30)19-14-8-3-9-15-19/h1-15,20-22,26-27H,16H2/t20-,21+,22+,26?/m0/s1. The van der Waals surface area contributed by atoms with Crippen LogP contribution in [0, 0.1) is 0 Å². The van der Waals surface area contributed by atoms with Crippen LogP contribution in [-0.2, 0) is 18.9 Å². The Morgan fingerprint density at radius 1 is 0.618 bits per heavy atom. The number of carbonyl (C=O) groups is 3. The molecule has 1 unspecified atom stereocenters. The number of carbonyl (C=O) groups excluding carboxylic acids is 3. The van der Waals surface area contributed by atoms with Gasteiger partial charge >= 0.3 is 17.9 Å². The number of esters is 3. The molecule has 3 aromatic carbocycles. The first-order chi connectivity index (χ1) is 16.6. The molecule has 0 radical (unpaired) electrons. The average Bonchev–Trinajstić information content (AvgIpc) is 3.20. The Morgan fingerprint density at radius 3 is 1.41 bits per heavy atom. The second-order valence-corrected chi connectivity index (χ2v) is 7.47. The summed E-state index contributed by atoms with van der Waals surface area (Å²) in [6.45, 7) is -0.564. The van der Waals surface area contributed by atoms with Crippen LogP contribution in [0.1, 0.15) is 31.1 Å². The molecule has 1 fully saturated rings. The summed E-state index contributed by atoms with van der Waals surface area (Å²) in [4.78, 5) is 38.1. The largest absolute Gasteiger partial charge is 0.452 e. The van der Waals surface area contributed by atoms with E-state index in [1.165, 1.54) is 0 Å². The predicted octanol–water partition coefficient (Wildman–Crippen LogP) is 3.01. The number of rotatable bonds is 7. The van der Waals surface area contributed by atoms with Crippen molar-refractivity contribution in [1.82, 2.24) is 0 Å². The molecular weight excluding hydrogens is 440 g/mol. The molecule has 1 heterocycles. The average molecular weight is 462 g/mol. The fourth-order valence-electron chi connectivity index (χ4n) is 3.48. The second-order valence-electron chi connectivity index (χ2n) is 7.47. The Morgan fingerprint density at radius 2 is 1.00 bits per heavy atom. The number of hydrogen-bond acceptors (Lipinski definition) is 8. The van der Waals surface area contributed by atoms with Gasteiger partial charge in [-0.15, -0.1) is 0 Å². The molecule has 4 rings (SSSR count). The molecule has 3 aromatic rings. The van der Waals surface area contributed by atoms with Crippen molar-refractivity contribution in [2.75, 3.05) is 6.61 Å². The van der Waals surface area contributed by atoms with E-state index in [2.05, 4.69) is 0 Å². The molecular formula is C26H22O8. The van der Waals surface area contributed by atoms with Gasteiger partial charge in [0.2, 0.25) is 12.4 Å². The fourth-order valence-corrected chi connectivity index (χ4v) is 3.48. The molecule has 0 spiro atoms. The summed E-state index contributed by atoms with van der Waals surface area (Å²) in [6, 6.07) is 24.6. The monoisotopic (exact) mass is 462 g/mol. The highest BCUT2D eigenvalue weighted by Crippen LogP contribution is 2.30. The van der Waals surface area contributed by atoms with Crippen molar-refractivity contribution in [3.63, 3.8) is 0 Å². The zero-order valence-corrected chi connectivity index (χ0v) is 18.0. The Hall–Kier alpha value is -4.01. The van der Waals surface area contributed by atoms with Gasteiger partial charge in [-0.2, -0.15) is 0 Å². The maximum atomic E-state index is 12.8. The van der Waals surface area contributed by atoms with Gasteiger partial charge in [0.1, 0.15) is 6.10 Å². The highest BCUT2D eigenvalue weighted by molar-refractivity contribution is 5.91. The lowest BCUT2D eigenvalue weighted by Crippen LogP contribution is -2.42. The van der Waals surface area contributed by atoms with Crippen molar-refractivity contribution in [3.8, 4) is 0 Å². The topological polar surface area (TPSA) is 108 Å². The molecule has 0 bridgehead atoms. The molecule has 174 valence electrons. The maximum absolute atomic E-state index is 12.8. The molecule has 0 amide bonds. The van der Waals surface area contributed by atoms with E-state index in [9.17, 15) is 19.5 Å². The van der Waals surface area contributed by atoms with Crippen LogP contribution in [0.4, 0.5) is 0 Å². The highest BCUT2D eigenvalue weighted by atomic mass is 16.7. The number of aliphatic hydroxyl groups is 1. The third kappa shape index (κ3) is 5.31. The zero-order valence-electron chi connectivity index (χ0n) is 18.0. The van der Waals surface area contributed by atoms with E-state index in [0.717, 1.165) is 0 Å². The van der Waals surface area contributed by atoms with Gasteiger partial charge in [-0.3, -0.25) is 0 Å². The molecule has 0 saturated carbocycles. The van der Waals surface area contributed by atoms with Crippen LogP contribution in [0.15, 0.2) is 91.0 Å². The number of ether oxygens (including phenoxy) is 4. The van der Waals surface area contributed by atoms with Crippen LogP contribution in [0.5, 0.6) is 0 Å². The summed E-state index contributed by atoms with van der Waals surface area (Å²) >= 11 is 0. The first kappa shape index (κ1) is 23.2. The predicted molar refractivity (Wildman–Crippen MR) is 119 cm³/mol. The molecule has 1 N–H and O–H groups in total. The number of aliphatic hydroxyl groups excluding tert-OH is 1. The van der Waals surface area contributed by atoms with E-state index in [4.69, 9.17) is 18.9 Å². The van der Waals surface area contributed by atoms with Crippen molar-refractivity contribution in [2.24, 2.45) is 0 Å². The van der Waals surface area contributed by atoms with E-state index >= 15 is 0 Å². The normalized spacial score (nSPS) is 21.4. The SMILES string of the molecule is O=C(OC1O[C@@H](CO)[C@@H](OC(=O)c2ccccc2)[C@H]1OC(=O)c1ccccc1)c1ccccc1. The van der Waals surface area contributed by atoms with Gasteiger partial charge < -0.3 is 24.1 Å². The second kappa shape index (κ2) is 10.7. The lowest BCUT2D eigenvalue weighted by atomic mass is 10.1. The first-order valence-corrected chi connectivity index (χ1v) is 10.6. The van der Waals surface area contributed by atoms with E-state index < -0.39 is 49.1 Å². The molecule has 0 aliphatic carbocycles. The first-order valence-electron chi connectivity index (χ1n) is 10.6. The number of benzene rings is 3. The van der Waals surface area contributed by atoms with Gasteiger partial charge in [0.05, 0.1) is 23.3 Å². The van der Waals surface area contributed by atoms with Crippen LogP contribution >= 0.6 is 0 Å². The van der Waals surface area contributed by atoms with E-state index in [1.54, 1.807) is 91.0 Å². The van der Waals surface area contributed by atoms with Crippen LogP contribution in [0.2, 0.25) is 0 Å². The third-order valence-corrected chi connectivity index (χ3v) is 5.19. The molecule has 8 heteroatoms. The van der Waals surface area contributed by atoms with Crippen molar-refractivity contribution in [3.05, 3.63) is 108 Å². The minimum atomic E-state index is -1.41. The summed E-state index contributed by atoms with van der Waals surface area (Å²) in [5, 5.41) is 9.86. The van der Waals surface area contributed by atoms with Crippen LogP contribution in [0.3, 0.4) is 0 Å². The van der Waals surface area contributed by atoms with Crippen molar-refractivity contribution < 1.29 is 38.4 Å². The summed E-state index contributed by atoms with van der Waals surface area (Å²) in [7, 11) is 0. The van der Waals surface area contributed by atoms with Crippen molar-refractivity contribution >= 4 is 17.9 Å². The molecule has 0 aromatic heterocycles. The van der Waals surface area contributed by atoms with E-state index in [1.807, 2.05) is 0 Å². The van der Waals surface area contributed by atoms with E-state index in [0.29, 0.717) is 0 Å². The quantitative estimate of drug-likeness (QED) is 0.422. The third-order valence-electron chi connectivity index (χ3n) is 5.19. The van der Waals surface area contributed by atoms with Gasteiger partial charge in [-0.05, 0) is 36.4 Å². The molecule has 1 aliphatic rings. The van der Waals surface area contributed by atoms with Crippen LogP contribution in [0.25, 0.3) is 0 Å². The van der Waals surface area contributed by atoms with Crippen molar-refractivity contribution in [2.45, 2.75) is 24.6 Å². The Kier molecular flexibility index (Phi) is 7.31. The fraction of sp³-hybridized carbons (Fsp3) is 0.192. The summed E-state index contributed by atoms with van der Waals surface area (Å²) in [5.41, 5.74) is 0.762. The lowest BCUT2D eigenvalue weighted by Gasteiger charge is -2.23. The summed E-state index contributed by atoms with van der Waals surface area (Å²) in [5.74, 6) is -2.16. The van der Waals surface area contributed by atoms with Gasteiger partial charge in [0.25, 0.3) is 0 Å². The van der Waals surface area contributed by atoms with Crippen molar-refractivity contribution in [1.29, 1.82) is 0 Å². The van der Waals surface area contributed by atoms with Gasteiger partial charge in [0.15, 0.2) is 6.10 Å².